The molecule has 5 nitrogen and oxygen atoms in total. The van der Waals surface area contributed by atoms with E-state index in [0.29, 0.717) is 11.4 Å². The summed E-state index contributed by atoms with van der Waals surface area (Å²) in [6.07, 6.45) is 6.41. The van der Waals surface area contributed by atoms with Gasteiger partial charge in [0.2, 0.25) is 0 Å². The Bertz CT molecular complexity index is 1080. The Morgan fingerprint density at radius 1 is 1.37 bits per heavy atom. The minimum atomic E-state index is -1.10. The minimum absolute atomic E-state index is 0.600. The number of anilines is 1. The average molecular weight is 417 g/mol. The molecule has 1 aliphatic rings. The van der Waals surface area contributed by atoms with Gasteiger partial charge in [-0.15, -0.1) is 22.7 Å². The van der Waals surface area contributed by atoms with Gasteiger partial charge in [-0.2, -0.15) is 0 Å². The van der Waals surface area contributed by atoms with Crippen molar-refractivity contribution < 1.29 is 4.21 Å². The molecule has 8 heteroatoms. The summed E-state index contributed by atoms with van der Waals surface area (Å²) in [5.41, 5.74) is 11.1. The van der Waals surface area contributed by atoms with Gasteiger partial charge in [-0.25, -0.2) is 9.97 Å². The summed E-state index contributed by atoms with van der Waals surface area (Å²) in [6, 6.07) is 2.04. The first-order chi connectivity index (χ1) is 13.1. The first kappa shape index (κ1) is 18.5. The number of nitrogens with zero attached hydrogens (tertiary/aromatic N) is 3. The summed E-state index contributed by atoms with van der Waals surface area (Å²) >= 11 is 3.00. The molecule has 0 amide bonds. The van der Waals surface area contributed by atoms with Crippen molar-refractivity contribution in [3.05, 3.63) is 29.4 Å². The molecule has 2 N–H and O–H groups in total. The smallest absolute Gasteiger partial charge is 0.141 e. The molecular weight excluding hydrogens is 396 g/mol. The van der Waals surface area contributed by atoms with Crippen LogP contribution in [0, 0.1) is 0 Å². The lowest BCUT2D eigenvalue weighted by molar-refractivity contribution is 0.681. The van der Waals surface area contributed by atoms with E-state index in [4.69, 9.17) is 10.7 Å². The molecule has 0 saturated carbocycles. The molecule has 0 aromatic carbocycles. The third kappa shape index (κ3) is 3.49. The monoisotopic (exact) mass is 416 g/mol. The molecule has 0 saturated heterocycles. The van der Waals surface area contributed by atoms with Gasteiger partial charge < -0.3 is 5.73 Å². The maximum atomic E-state index is 12.8. The van der Waals surface area contributed by atoms with Gasteiger partial charge in [0.25, 0.3) is 0 Å². The lowest BCUT2D eigenvalue weighted by Gasteiger charge is -2.08. The molecule has 0 radical (unpaired) electrons. The summed E-state index contributed by atoms with van der Waals surface area (Å²) in [4.78, 5) is 14.5. The van der Waals surface area contributed by atoms with Crippen LogP contribution in [-0.4, -0.2) is 25.6 Å². The van der Waals surface area contributed by atoms with Crippen molar-refractivity contribution in [2.75, 3.05) is 11.5 Å². The molecule has 4 rings (SSSR count). The molecule has 3 aromatic rings. The fourth-order valence-corrected chi connectivity index (χ4v) is 6.46. The molecule has 0 bridgehead atoms. The van der Waals surface area contributed by atoms with E-state index in [2.05, 4.69) is 16.9 Å². The highest BCUT2D eigenvalue weighted by Gasteiger charge is 2.23. The summed E-state index contributed by atoms with van der Waals surface area (Å²) in [6.45, 7) is 4.12. The summed E-state index contributed by atoms with van der Waals surface area (Å²) in [5.74, 6) is 0.632. The second-order valence-electron chi connectivity index (χ2n) is 6.47. The first-order valence-corrected chi connectivity index (χ1v) is 11.8. The highest BCUT2D eigenvalue weighted by atomic mass is 32.2. The number of aliphatic imine (C=N–C) groups is 1. The van der Waals surface area contributed by atoms with E-state index < -0.39 is 10.8 Å². The number of thiophene rings is 1. The predicted molar refractivity (Wildman–Crippen MR) is 117 cm³/mol. The first-order valence-electron chi connectivity index (χ1n) is 8.82. The van der Waals surface area contributed by atoms with E-state index in [9.17, 15) is 4.21 Å². The number of hydrogen-bond donors (Lipinski definition) is 1. The molecule has 3 aromatic heterocycles. The number of hydrogen-bond acceptors (Lipinski definition) is 7. The zero-order valence-electron chi connectivity index (χ0n) is 15.2. The Balaban J connectivity index is 1.89. The maximum Gasteiger partial charge on any atom is 0.141 e. The number of nitrogen functional groups attached to an aromatic ring is 1. The molecule has 4 heterocycles. The van der Waals surface area contributed by atoms with Crippen LogP contribution in [0.15, 0.2) is 33.0 Å². The number of aromatic nitrogens is 2. The fourth-order valence-electron chi connectivity index (χ4n) is 3.07. The van der Waals surface area contributed by atoms with Crippen molar-refractivity contribution >= 4 is 60.7 Å². The average Bonchev–Trinajstić information content (AvgIpc) is 3.39. The lowest BCUT2D eigenvalue weighted by Crippen LogP contribution is -1.99. The van der Waals surface area contributed by atoms with E-state index in [1.54, 1.807) is 17.5 Å². The second-order valence-corrected chi connectivity index (χ2v) is 10.1. The third-order valence-corrected chi connectivity index (χ3v) is 8.23. The summed E-state index contributed by atoms with van der Waals surface area (Å²) in [7, 11) is -1.10. The Labute approximate surface area is 168 Å². The number of fused-ring (bicyclic) bond motifs is 1. The molecule has 1 atom stereocenters. The number of nitrogens with two attached hydrogens (primary N) is 1. The van der Waals surface area contributed by atoms with E-state index in [1.165, 1.54) is 11.3 Å². The van der Waals surface area contributed by atoms with Gasteiger partial charge in [-0.1, -0.05) is 13.3 Å². The van der Waals surface area contributed by atoms with Crippen molar-refractivity contribution in [2.24, 2.45) is 4.99 Å². The van der Waals surface area contributed by atoms with Crippen molar-refractivity contribution in [3.63, 3.8) is 0 Å². The summed E-state index contributed by atoms with van der Waals surface area (Å²) in [5, 5.41) is 3.71. The van der Waals surface area contributed by atoms with Gasteiger partial charge in [0.05, 0.1) is 16.5 Å². The number of allylic oxidation sites excluding steroid dienone is 1. The van der Waals surface area contributed by atoms with Crippen LogP contribution >= 0.6 is 22.7 Å². The number of unbranched alkanes of at least 4 members (excludes halogenated alkanes) is 1. The van der Waals surface area contributed by atoms with E-state index in [1.807, 2.05) is 24.6 Å². The van der Waals surface area contributed by atoms with E-state index in [0.717, 1.165) is 61.2 Å². The Hall–Kier alpha value is -1.90. The fraction of sp³-hybridized carbons (Fsp3) is 0.316. The molecule has 1 aliphatic heterocycles. The van der Waals surface area contributed by atoms with Gasteiger partial charge in [0.15, 0.2) is 0 Å². The highest BCUT2D eigenvalue weighted by molar-refractivity contribution is 7.87. The van der Waals surface area contributed by atoms with Gasteiger partial charge in [0, 0.05) is 41.0 Å². The molecular formula is C19H20N4OS3. The van der Waals surface area contributed by atoms with Crippen molar-refractivity contribution in [1.29, 1.82) is 0 Å². The molecule has 0 fully saturated rings. The minimum Gasteiger partial charge on any atom is -0.396 e. The van der Waals surface area contributed by atoms with Crippen LogP contribution in [0.1, 0.15) is 38.7 Å². The molecule has 140 valence electrons. The van der Waals surface area contributed by atoms with Crippen molar-refractivity contribution in [1.82, 2.24) is 9.97 Å². The van der Waals surface area contributed by atoms with E-state index >= 15 is 0 Å². The normalized spacial score (nSPS) is 15.2. The lowest BCUT2D eigenvalue weighted by atomic mass is 10.00. The zero-order chi connectivity index (χ0) is 19.0. The van der Waals surface area contributed by atoms with E-state index in [-0.39, 0.29) is 0 Å². The molecule has 0 spiro atoms. The highest BCUT2D eigenvalue weighted by Crippen LogP contribution is 2.42. The molecule has 1 unspecified atom stereocenters. The van der Waals surface area contributed by atoms with Crippen LogP contribution in [0.3, 0.4) is 0 Å². The standard InChI is InChI=1S/C19H20N4OS3/c1-3-4-7-27(24)19-16(20)15-13(12-8-11(2)22-10-12)9-14(23-18(15)26-19)17-21-5-6-25-17/h5-6,9-10H,3-4,7-8,20H2,1-2H3. The Kier molecular flexibility index (Phi) is 5.21. The van der Waals surface area contributed by atoms with Crippen LogP contribution in [0.4, 0.5) is 5.69 Å². The summed E-state index contributed by atoms with van der Waals surface area (Å²) < 4.78 is 13.5. The van der Waals surface area contributed by atoms with Crippen LogP contribution in [0.5, 0.6) is 0 Å². The van der Waals surface area contributed by atoms with Gasteiger partial charge >= 0.3 is 0 Å². The number of rotatable bonds is 6. The SMILES string of the molecule is CCCCS(=O)c1sc2nc(-c3nccs3)cc(C3=CN=C(C)C3)c2c1N. The van der Waals surface area contributed by atoms with Crippen molar-refractivity contribution in [2.45, 2.75) is 37.3 Å². The van der Waals surface area contributed by atoms with Crippen LogP contribution in [0.25, 0.3) is 26.5 Å². The Morgan fingerprint density at radius 2 is 2.22 bits per heavy atom. The van der Waals surface area contributed by atoms with Crippen molar-refractivity contribution in [3.8, 4) is 10.7 Å². The zero-order valence-corrected chi connectivity index (χ0v) is 17.6. The largest absolute Gasteiger partial charge is 0.396 e. The number of pyridine rings is 1. The quantitative estimate of drug-likeness (QED) is 0.605. The predicted octanol–water partition coefficient (Wildman–Crippen LogP) is 5.12. The van der Waals surface area contributed by atoms with Gasteiger partial charge in [-0.05, 0) is 30.5 Å². The van der Waals surface area contributed by atoms with Crippen LogP contribution < -0.4 is 5.73 Å². The van der Waals surface area contributed by atoms with Gasteiger partial charge in [-0.3, -0.25) is 9.20 Å². The van der Waals surface area contributed by atoms with Crippen LogP contribution in [0.2, 0.25) is 0 Å². The number of thiazole rings is 1. The van der Waals surface area contributed by atoms with Gasteiger partial charge in [0.1, 0.15) is 19.7 Å². The second kappa shape index (κ2) is 7.61. The molecule has 27 heavy (non-hydrogen) atoms. The third-order valence-electron chi connectivity index (χ3n) is 4.44. The Morgan fingerprint density at radius 3 is 2.89 bits per heavy atom. The van der Waals surface area contributed by atoms with Crippen LogP contribution in [-0.2, 0) is 10.8 Å². The maximum absolute atomic E-state index is 12.8. The topological polar surface area (TPSA) is 81.2 Å². The molecule has 0 aliphatic carbocycles.